The molecule has 0 aromatic heterocycles. The smallest absolute Gasteiger partial charge is 0.0637 e. The third kappa shape index (κ3) is 1.19. The highest BCUT2D eigenvalue weighted by Crippen LogP contribution is 2.50. The summed E-state index contributed by atoms with van der Waals surface area (Å²) in [5, 5.41) is 9.99. The van der Waals surface area contributed by atoms with Crippen molar-refractivity contribution in [1.82, 2.24) is 0 Å². The molecular weight excluding hydrogens is 172 g/mol. The Bertz CT molecular complexity index is 335. The van der Waals surface area contributed by atoms with Crippen molar-refractivity contribution in [1.29, 1.82) is 0 Å². The maximum Gasteiger partial charge on any atom is 0.0637 e. The highest BCUT2D eigenvalue weighted by molar-refractivity contribution is 5.43. The molecule has 1 N–H and O–H groups in total. The van der Waals surface area contributed by atoms with E-state index in [0.717, 1.165) is 19.3 Å². The number of rotatable bonds is 1. The number of aliphatic hydroxyl groups excluding tert-OH is 1. The van der Waals surface area contributed by atoms with E-state index < -0.39 is 0 Å². The molecule has 0 heterocycles. The Kier molecular flexibility index (Phi) is 2.15. The first-order valence-corrected chi connectivity index (χ1v) is 5.29. The van der Waals surface area contributed by atoms with Gasteiger partial charge in [0.15, 0.2) is 0 Å². The molecule has 1 saturated carbocycles. The fourth-order valence-corrected chi connectivity index (χ4v) is 2.70. The lowest BCUT2D eigenvalue weighted by atomic mass is 9.72. The molecule has 76 valence electrons. The van der Waals surface area contributed by atoms with Crippen molar-refractivity contribution in [2.45, 2.75) is 39.2 Å². The number of fused-ring (bicyclic) bond motifs is 1. The van der Waals surface area contributed by atoms with Crippen LogP contribution in [0.15, 0.2) is 35.5 Å². The molecule has 2 aliphatic rings. The topological polar surface area (TPSA) is 20.2 Å². The van der Waals surface area contributed by atoms with Crippen molar-refractivity contribution in [3.05, 3.63) is 35.5 Å². The van der Waals surface area contributed by atoms with Gasteiger partial charge in [-0.05, 0) is 37.3 Å². The van der Waals surface area contributed by atoms with E-state index in [1.165, 1.54) is 16.7 Å². The summed E-state index contributed by atoms with van der Waals surface area (Å²) in [6.07, 6.45) is 6.93. The zero-order valence-electron chi connectivity index (χ0n) is 9.01. The molecule has 0 bridgehead atoms. The van der Waals surface area contributed by atoms with E-state index in [2.05, 4.69) is 26.5 Å². The summed E-state index contributed by atoms with van der Waals surface area (Å²) in [5.74, 6) is 0. The second-order valence-corrected chi connectivity index (χ2v) is 4.73. The largest absolute Gasteiger partial charge is 0.392 e. The minimum Gasteiger partial charge on any atom is -0.392 e. The monoisotopic (exact) mass is 190 g/mol. The first-order valence-electron chi connectivity index (χ1n) is 5.29. The van der Waals surface area contributed by atoms with Gasteiger partial charge in [0.2, 0.25) is 0 Å². The molecule has 0 spiro atoms. The summed E-state index contributed by atoms with van der Waals surface area (Å²) in [7, 11) is 0. The number of hydrogen-bond acceptors (Lipinski definition) is 1. The Hall–Kier alpha value is -0.820. The van der Waals surface area contributed by atoms with Crippen LogP contribution in [-0.4, -0.2) is 11.2 Å². The second-order valence-electron chi connectivity index (χ2n) is 4.73. The van der Waals surface area contributed by atoms with Crippen molar-refractivity contribution in [3.63, 3.8) is 0 Å². The molecule has 0 aromatic carbocycles. The molecule has 0 aliphatic heterocycles. The molecular formula is C13H18O. The molecule has 2 aliphatic carbocycles. The first-order chi connectivity index (χ1) is 6.58. The van der Waals surface area contributed by atoms with Gasteiger partial charge in [0.05, 0.1) is 6.10 Å². The predicted molar refractivity (Wildman–Crippen MR) is 58.9 cm³/mol. The van der Waals surface area contributed by atoms with Crippen molar-refractivity contribution < 1.29 is 5.11 Å². The number of hydrogen-bond donors (Lipinski definition) is 1. The van der Waals surface area contributed by atoms with E-state index in [4.69, 9.17) is 0 Å². The van der Waals surface area contributed by atoms with Crippen LogP contribution >= 0.6 is 0 Å². The third-order valence-electron chi connectivity index (χ3n) is 3.86. The summed E-state index contributed by atoms with van der Waals surface area (Å²) in [5.41, 5.74) is 4.02. The van der Waals surface area contributed by atoms with Crippen LogP contribution in [0, 0.1) is 5.41 Å². The van der Waals surface area contributed by atoms with Gasteiger partial charge in [-0.1, -0.05) is 31.2 Å². The zero-order chi connectivity index (χ0) is 10.3. The van der Waals surface area contributed by atoms with E-state index in [0.29, 0.717) is 0 Å². The fourth-order valence-electron chi connectivity index (χ4n) is 2.70. The summed E-state index contributed by atoms with van der Waals surface area (Å²) in [6, 6.07) is 0. The van der Waals surface area contributed by atoms with Gasteiger partial charge in [-0.2, -0.15) is 0 Å². The van der Waals surface area contributed by atoms with E-state index in [9.17, 15) is 5.11 Å². The molecule has 1 fully saturated rings. The van der Waals surface area contributed by atoms with Crippen LogP contribution in [0.25, 0.3) is 0 Å². The normalized spacial score (nSPS) is 36.8. The Morgan fingerprint density at radius 3 is 3.00 bits per heavy atom. The van der Waals surface area contributed by atoms with E-state index in [-0.39, 0.29) is 11.5 Å². The van der Waals surface area contributed by atoms with Crippen molar-refractivity contribution >= 4 is 0 Å². The maximum atomic E-state index is 9.99. The summed E-state index contributed by atoms with van der Waals surface area (Å²) in [4.78, 5) is 0. The van der Waals surface area contributed by atoms with Crippen LogP contribution in [0.1, 0.15) is 33.1 Å². The van der Waals surface area contributed by atoms with Crippen LogP contribution in [-0.2, 0) is 0 Å². The van der Waals surface area contributed by atoms with Gasteiger partial charge in [-0.25, -0.2) is 0 Å². The minimum atomic E-state index is -0.170. The summed E-state index contributed by atoms with van der Waals surface area (Å²) >= 11 is 0. The predicted octanol–water partition coefficient (Wildman–Crippen LogP) is 2.98. The lowest BCUT2D eigenvalue weighted by Gasteiger charge is -2.34. The molecule has 2 rings (SSSR count). The van der Waals surface area contributed by atoms with Crippen LogP contribution in [0.5, 0.6) is 0 Å². The Balaban J connectivity index is 2.42. The lowest BCUT2D eigenvalue weighted by Crippen LogP contribution is -2.30. The van der Waals surface area contributed by atoms with Gasteiger partial charge in [0.25, 0.3) is 0 Å². The first kappa shape index (κ1) is 9.72. The van der Waals surface area contributed by atoms with Gasteiger partial charge in [-0.15, -0.1) is 0 Å². The van der Waals surface area contributed by atoms with Gasteiger partial charge in [0.1, 0.15) is 0 Å². The third-order valence-corrected chi connectivity index (χ3v) is 3.86. The molecule has 0 amide bonds. The van der Waals surface area contributed by atoms with E-state index >= 15 is 0 Å². The standard InChI is InChI=1S/C13H18O/c1-4-10-8-13(3)11(7-9(10)2)5-6-12(13)14/h4,7,12,14H,1,5-6,8H2,2-3H3. The quantitative estimate of drug-likeness (QED) is 0.674. The van der Waals surface area contributed by atoms with Gasteiger partial charge in [0, 0.05) is 5.41 Å². The average molecular weight is 190 g/mol. The van der Waals surface area contributed by atoms with Crippen molar-refractivity contribution in [3.8, 4) is 0 Å². The zero-order valence-corrected chi connectivity index (χ0v) is 9.01. The van der Waals surface area contributed by atoms with Crippen LogP contribution in [0.2, 0.25) is 0 Å². The van der Waals surface area contributed by atoms with Gasteiger partial charge < -0.3 is 5.11 Å². The molecule has 0 saturated heterocycles. The Morgan fingerprint density at radius 1 is 1.64 bits per heavy atom. The highest BCUT2D eigenvalue weighted by atomic mass is 16.3. The molecule has 0 radical (unpaired) electrons. The number of allylic oxidation sites excluding steroid dienone is 4. The molecule has 1 nitrogen and oxygen atoms in total. The second kappa shape index (κ2) is 3.09. The summed E-state index contributed by atoms with van der Waals surface area (Å²) < 4.78 is 0. The van der Waals surface area contributed by atoms with E-state index in [1.54, 1.807) is 0 Å². The molecule has 0 aromatic rings. The highest BCUT2D eigenvalue weighted by Gasteiger charge is 2.43. The average Bonchev–Trinajstić information content (AvgIpc) is 2.43. The Morgan fingerprint density at radius 2 is 2.36 bits per heavy atom. The summed E-state index contributed by atoms with van der Waals surface area (Å²) in [6.45, 7) is 8.14. The van der Waals surface area contributed by atoms with Crippen molar-refractivity contribution in [2.75, 3.05) is 0 Å². The van der Waals surface area contributed by atoms with Crippen LogP contribution in [0.4, 0.5) is 0 Å². The van der Waals surface area contributed by atoms with E-state index in [1.807, 2.05) is 6.08 Å². The van der Waals surface area contributed by atoms with Crippen molar-refractivity contribution in [2.24, 2.45) is 5.41 Å². The number of aliphatic hydroxyl groups is 1. The molecule has 2 unspecified atom stereocenters. The fraction of sp³-hybridized carbons (Fsp3) is 0.538. The van der Waals surface area contributed by atoms with Crippen LogP contribution in [0.3, 0.4) is 0 Å². The lowest BCUT2D eigenvalue weighted by molar-refractivity contribution is 0.0835. The van der Waals surface area contributed by atoms with Crippen LogP contribution < -0.4 is 0 Å². The minimum absolute atomic E-state index is 0.0109. The molecule has 2 atom stereocenters. The van der Waals surface area contributed by atoms with Gasteiger partial charge in [-0.3, -0.25) is 0 Å². The Labute approximate surface area is 85.8 Å². The maximum absolute atomic E-state index is 9.99. The molecule has 14 heavy (non-hydrogen) atoms. The van der Waals surface area contributed by atoms with Gasteiger partial charge >= 0.3 is 0 Å². The SMILES string of the molecule is C=CC1=C(C)C=C2CCC(O)C2(C)C1. The molecule has 1 heteroatoms.